The Balaban J connectivity index is 0.000000171. The number of anilines is 2. The zero-order chi connectivity index (χ0) is 12.7. The zero-order valence-corrected chi connectivity index (χ0v) is 9.63. The number of methoxy groups -OCH3 is 1. The molecule has 0 unspecified atom stereocenters. The van der Waals surface area contributed by atoms with Gasteiger partial charge >= 0.3 is 0 Å². The molecular formula is C13H16N2O2. The van der Waals surface area contributed by atoms with E-state index in [9.17, 15) is 0 Å². The number of rotatable bonds is 1. The van der Waals surface area contributed by atoms with Crippen molar-refractivity contribution in [3.63, 3.8) is 0 Å². The highest BCUT2D eigenvalue weighted by atomic mass is 16.5. The van der Waals surface area contributed by atoms with Crippen molar-refractivity contribution in [2.45, 2.75) is 0 Å². The Bertz CT molecular complexity index is 434. The summed E-state index contributed by atoms with van der Waals surface area (Å²) in [5, 5.41) is 8.99. The SMILES string of the molecule is COc1ccccc1O.Nc1ccc(N)cc1. The van der Waals surface area contributed by atoms with Gasteiger partial charge in [0.2, 0.25) is 0 Å². The molecule has 4 nitrogen and oxygen atoms in total. The molecular weight excluding hydrogens is 216 g/mol. The van der Waals surface area contributed by atoms with Crippen LogP contribution in [0.2, 0.25) is 0 Å². The van der Waals surface area contributed by atoms with Crippen molar-refractivity contribution in [1.82, 2.24) is 0 Å². The minimum atomic E-state index is 0.181. The highest BCUT2D eigenvalue weighted by molar-refractivity contribution is 5.47. The van der Waals surface area contributed by atoms with Crippen molar-refractivity contribution in [2.75, 3.05) is 18.6 Å². The molecule has 0 atom stereocenters. The number of phenolic OH excluding ortho intramolecular Hbond substituents is 1. The number of benzene rings is 2. The molecule has 4 heteroatoms. The maximum Gasteiger partial charge on any atom is 0.160 e. The van der Waals surface area contributed by atoms with Gasteiger partial charge in [-0.25, -0.2) is 0 Å². The van der Waals surface area contributed by atoms with Crippen LogP contribution in [0.3, 0.4) is 0 Å². The fraction of sp³-hybridized carbons (Fsp3) is 0.0769. The zero-order valence-electron chi connectivity index (χ0n) is 9.63. The molecule has 0 aliphatic rings. The lowest BCUT2D eigenvalue weighted by molar-refractivity contribution is 0.373. The van der Waals surface area contributed by atoms with Gasteiger partial charge in [0.15, 0.2) is 11.5 Å². The number of aromatic hydroxyl groups is 1. The summed E-state index contributed by atoms with van der Waals surface area (Å²) in [4.78, 5) is 0. The number of para-hydroxylation sites is 2. The third-order valence-corrected chi connectivity index (χ3v) is 2.02. The number of nitrogens with two attached hydrogens (primary N) is 2. The predicted octanol–water partition coefficient (Wildman–Crippen LogP) is 2.25. The monoisotopic (exact) mass is 232 g/mol. The minimum absolute atomic E-state index is 0.181. The Morgan fingerprint density at radius 3 is 1.71 bits per heavy atom. The molecule has 2 aromatic rings. The largest absolute Gasteiger partial charge is 0.504 e. The van der Waals surface area contributed by atoms with Crippen molar-refractivity contribution in [3.8, 4) is 11.5 Å². The van der Waals surface area contributed by atoms with Crippen LogP contribution in [-0.2, 0) is 0 Å². The summed E-state index contributed by atoms with van der Waals surface area (Å²) in [6.45, 7) is 0. The summed E-state index contributed by atoms with van der Waals surface area (Å²) >= 11 is 0. The topological polar surface area (TPSA) is 81.5 Å². The standard InChI is InChI=1S/C7H8O2.C6H8N2/c1-9-7-5-3-2-4-6(7)8;7-5-1-2-6(8)4-3-5/h2-5,8H,1H3;1-4H,7-8H2. The van der Waals surface area contributed by atoms with E-state index in [-0.39, 0.29) is 5.75 Å². The van der Waals surface area contributed by atoms with Crippen molar-refractivity contribution in [2.24, 2.45) is 0 Å². The molecule has 0 aromatic heterocycles. The van der Waals surface area contributed by atoms with Gasteiger partial charge in [-0.2, -0.15) is 0 Å². The van der Waals surface area contributed by atoms with Crippen LogP contribution >= 0.6 is 0 Å². The lowest BCUT2D eigenvalue weighted by Crippen LogP contribution is -1.86. The van der Waals surface area contributed by atoms with E-state index in [4.69, 9.17) is 21.3 Å². The smallest absolute Gasteiger partial charge is 0.160 e. The van der Waals surface area contributed by atoms with Gasteiger partial charge < -0.3 is 21.3 Å². The Hall–Kier alpha value is -2.36. The van der Waals surface area contributed by atoms with Crippen LogP contribution < -0.4 is 16.2 Å². The van der Waals surface area contributed by atoms with Crippen LogP contribution in [0, 0.1) is 0 Å². The van der Waals surface area contributed by atoms with Crippen molar-refractivity contribution < 1.29 is 9.84 Å². The lowest BCUT2D eigenvalue weighted by Gasteiger charge is -1.99. The molecule has 17 heavy (non-hydrogen) atoms. The van der Waals surface area contributed by atoms with Gasteiger partial charge in [-0.05, 0) is 36.4 Å². The van der Waals surface area contributed by atoms with E-state index in [1.54, 1.807) is 48.5 Å². The second kappa shape index (κ2) is 6.27. The lowest BCUT2D eigenvalue weighted by atomic mass is 10.3. The van der Waals surface area contributed by atoms with E-state index in [0.717, 1.165) is 11.4 Å². The number of nitrogen functional groups attached to an aromatic ring is 2. The second-order valence-corrected chi connectivity index (χ2v) is 3.34. The van der Waals surface area contributed by atoms with Gasteiger partial charge in [0.1, 0.15) is 0 Å². The first-order valence-corrected chi connectivity index (χ1v) is 5.06. The van der Waals surface area contributed by atoms with E-state index in [0.29, 0.717) is 5.75 Å². The van der Waals surface area contributed by atoms with E-state index in [1.807, 2.05) is 0 Å². The van der Waals surface area contributed by atoms with Crippen LogP contribution in [0.4, 0.5) is 11.4 Å². The molecule has 2 aromatic carbocycles. The highest BCUT2D eigenvalue weighted by Gasteiger charge is 1.94. The summed E-state index contributed by atoms with van der Waals surface area (Å²) in [5.74, 6) is 0.692. The molecule has 0 radical (unpaired) electrons. The van der Waals surface area contributed by atoms with Crippen molar-refractivity contribution in [3.05, 3.63) is 48.5 Å². The fourth-order valence-corrected chi connectivity index (χ4v) is 1.13. The molecule has 0 aliphatic heterocycles. The quantitative estimate of drug-likeness (QED) is 0.659. The van der Waals surface area contributed by atoms with Gasteiger partial charge in [0, 0.05) is 11.4 Å². The summed E-state index contributed by atoms with van der Waals surface area (Å²) in [7, 11) is 1.52. The Kier molecular flexibility index (Phi) is 4.69. The third kappa shape index (κ3) is 4.34. The summed E-state index contributed by atoms with van der Waals surface area (Å²) in [6.07, 6.45) is 0. The minimum Gasteiger partial charge on any atom is -0.504 e. The van der Waals surface area contributed by atoms with Crippen LogP contribution in [0.15, 0.2) is 48.5 Å². The van der Waals surface area contributed by atoms with Crippen molar-refractivity contribution >= 4 is 11.4 Å². The van der Waals surface area contributed by atoms with Crippen LogP contribution in [-0.4, -0.2) is 12.2 Å². The Morgan fingerprint density at radius 1 is 0.882 bits per heavy atom. The summed E-state index contributed by atoms with van der Waals surface area (Å²) in [6, 6.07) is 13.9. The van der Waals surface area contributed by atoms with Crippen LogP contribution in [0.25, 0.3) is 0 Å². The molecule has 0 saturated heterocycles. The number of hydrogen-bond donors (Lipinski definition) is 3. The number of hydrogen-bond acceptors (Lipinski definition) is 4. The van der Waals surface area contributed by atoms with E-state index < -0.39 is 0 Å². The maximum atomic E-state index is 8.99. The van der Waals surface area contributed by atoms with Gasteiger partial charge in [-0.1, -0.05) is 12.1 Å². The van der Waals surface area contributed by atoms with E-state index in [1.165, 1.54) is 7.11 Å². The second-order valence-electron chi connectivity index (χ2n) is 3.34. The molecule has 0 amide bonds. The van der Waals surface area contributed by atoms with Gasteiger partial charge in [-0.3, -0.25) is 0 Å². The average Bonchev–Trinajstić information content (AvgIpc) is 2.34. The first-order valence-electron chi connectivity index (χ1n) is 5.06. The van der Waals surface area contributed by atoms with Crippen LogP contribution in [0.5, 0.6) is 11.5 Å². The van der Waals surface area contributed by atoms with Crippen LogP contribution in [0.1, 0.15) is 0 Å². The normalized spacial score (nSPS) is 9.00. The molecule has 90 valence electrons. The molecule has 2 rings (SSSR count). The van der Waals surface area contributed by atoms with Gasteiger partial charge in [-0.15, -0.1) is 0 Å². The highest BCUT2D eigenvalue weighted by Crippen LogP contribution is 2.22. The first-order chi connectivity index (χ1) is 8.13. The summed E-state index contributed by atoms with van der Waals surface area (Å²) < 4.78 is 4.79. The van der Waals surface area contributed by atoms with E-state index in [2.05, 4.69) is 0 Å². The maximum absolute atomic E-state index is 8.99. The molecule has 0 spiro atoms. The number of ether oxygens (including phenoxy) is 1. The van der Waals surface area contributed by atoms with Gasteiger partial charge in [0.05, 0.1) is 7.11 Å². The molecule has 5 N–H and O–H groups in total. The van der Waals surface area contributed by atoms with Gasteiger partial charge in [0.25, 0.3) is 0 Å². The first kappa shape index (κ1) is 12.7. The predicted molar refractivity (Wildman–Crippen MR) is 69.9 cm³/mol. The third-order valence-electron chi connectivity index (χ3n) is 2.02. The average molecular weight is 232 g/mol. The fourth-order valence-electron chi connectivity index (χ4n) is 1.13. The Labute approximate surface area is 100 Å². The molecule has 0 aliphatic carbocycles. The summed E-state index contributed by atoms with van der Waals surface area (Å²) in [5.41, 5.74) is 12.2. The molecule has 0 saturated carbocycles. The number of phenols is 1. The molecule has 0 bridgehead atoms. The van der Waals surface area contributed by atoms with E-state index >= 15 is 0 Å². The van der Waals surface area contributed by atoms with Crippen molar-refractivity contribution in [1.29, 1.82) is 0 Å². The Morgan fingerprint density at radius 2 is 1.35 bits per heavy atom. The molecule has 0 fully saturated rings. The molecule has 0 heterocycles.